The van der Waals surface area contributed by atoms with Crippen molar-refractivity contribution < 1.29 is 0 Å². The number of hydrogen-bond donors (Lipinski definition) is 1. The summed E-state index contributed by atoms with van der Waals surface area (Å²) in [7, 11) is 0. The zero-order chi connectivity index (χ0) is 14.1. The molecule has 4 aliphatic heterocycles. The molecular formula is C19H28N2. The minimum atomic E-state index is 0.516. The molecule has 2 heteroatoms. The largest absolute Gasteiger partial charge is 0.317 e. The zero-order valence-electron chi connectivity index (χ0n) is 13.1. The van der Waals surface area contributed by atoms with Gasteiger partial charge in [0.2, 0.25) is 0 Å². The number of fused-ring (bicyclic) bond motifs is 3. The van der Waals surface area contributed by atoms with Gasteiger partial charge < -0.3 is 10.2 Å². The molecule has 4 saturated heterocycles. The number of hydrogen-bond acceptors (Lipinski definition) is 2. The van der Waals surface area contributed by atoms with Crippen molar-refractivity contribution in [1.29, 1.82) is 0 Å². The maximum Gasteiger partial charge on any atom is -0.00102 e. The molecule has 4 fully saturated rings. The van der Waals surface area contributed by atoms with Crippen molar-refractivity contribution in [2.45, 2.75) is 43.9 Å². The van der Waals surface area contributed by atoms with Gasteiger partial charge in [-0.2, -0.15) is 0 Å². The van der Waals surface area contributed by atoms with Crippen molar-refractivity contribution in [3.63, 3.8) is 0 Å². The molecule has 1 aromatic carbocycles. The highest BCUT2D eigenvalue weighted by molar-refractivity contribution is 5.31. The fraction of sp³-hybridized carbons (Fsp3) is 0.684. The Morgan fingerprint density at radius 1 is 0.952 bits per heavy atom. The maximum atomic E-state index is 3.47. The van der Waals surface area contributed by atoms with Gasteiger partial charge >= 0.3 is 0 Å². The van der Waals surface area contributed by atoms with E-state index < -0.39 is 0 Å². The molecule has 0 amide bonds. The predicted molar refractivity (Wildman–Crippen MR) is 87.7 cm³/mol. The van der Waals surface area contributed by atoms with Crippen molar-refractivity contribution in [3.8, 4) is 0 Å². The van der Waals surface area contributed by atoms with E-state index in [4.69, 9.17) is 0 Å². The second-order valence-corrected chi connectivity index (χ2v) is 7.47. The van der Waals surface area contributed by atoms with Gasteiger partial charge in [0.15, 0.2) is 0 Å². The van der Waals surface area contributed by atoms with Crippen LogP contribution in [0.5, 0.6) is 0 Å². The lowest BCUT2D eigenvalue weighted by Gasteiger charge is -2.49. The molecule has 4 aliphatic rings. The van der Waals surface area contributed by atoms with Crippen LogP contribution in [0.15, 0.2) is 24.3 Å². The van der Waals surface area contributed by atoms with Crippen LogP contribution in [-0.2, 0) is 11.8 Å². The SMILES string of the molecule is c1cc(C23CCN(CC2)CC3)ccc1CC1CCNCC1. The molecule has 0 atom stereocenters. The molecule has 0 aromatic heterocycles. The van der Waals surface area contributed by atoms with Crippen LogP contribution in [0.3, 0.4) is 0 Å². The lowest BCUT2D eigenvalue weighted by atomic mass is 9.67. The van der Waals surface area contributed by atoms with Crippen LogP contribution in [0.25, 0.3) is 0 Å². The molecule has 2 bridgehead atoms. The first-order valence-corrected chi connectivity index (χ1v) is 8.87. The summed E-state index contributed by atoms with van der Waals surface area (Å²) in [6.45, 7) is 6.37. The molecule has 0 aliphatic carbocycles. The van der Waals surface area contributed by atoms with E-state index >= 15 is 0 Å². The van der Waals surface area contributed by atoms with E-state index in [1.54, 1.807) is 11.1 Å². The highest BCUT2D eigenvalue weighted by atomic mass is 15.1. The molecule has 0 saturated carbocycles. The number of nitrogens with one attached hydrogen (secondary N) is 1. The van der Waals surface area contributed by atoms with Gasteiger partial charge in [-0.05, 0) is 93.7 Å². The second-order valence-electron chi connectivity index (χ2n) is 7.47. The Morgan fingerprint density at radius 2 is 1.57 bits per heavy atom. The van der Waals surface area contributed by atoms with Crippen molar-refractivity contribution in [3.05, 3.63) is 35.4 Å². The molecule has 5 rings (SSSR count). The summed E-state index contributed by atoms with van der Waals surface area (Å²) in [6, 6.07) is 9.76. The molecule has 0 unspecified atom stereocenters. The molecule has 4 heterocycles. The van der Waals surface area contributed by atoms with E-state index in [0.29, 0.717) is 5.41 Å². The lowest BCUT2D eigenvalue weighted by molar-refractivity contribution is 0.0818. The summed E-state index contributed by atoms with van der Waals surface area (Å²) in [6.07, 6.45) is 8.10. The van der Waals surface area contributed by atoms with Gasteiger partial charge in [-0.1, -0.05) is 24.3 Å². The van der Waals surface area contributed by atoms with E-state index in [1.807, 2.05) is 0 Å². The number of rotatable bonds is 3. The van der Waals surface area contributed by atoms with Crippen LogP contribution in [-0.4, -0.2) is 37.6 Å². The van der Waals surface area contributed by atoms with E-state index in [-0.39, 0.29) is 0 Å². The molecule has 2 nitrogen and oxygen atoms in total. The molecule has 1 aromatic rings. The minimum Gasteiger partial charge on any atom is -0.317 e. The van der Waals surface area contributed by atoms with Crippen molar-refractivity contribution in [2.75, 3.05) is 32.7 Å². The van der Waals surface area contributed by atoms with Crippen LogP contribution < -0.4 is 5.32 Å². The van der Waals surface area contributed by atoms with E-state index in [2.05, 4.69) is 34.5 Å². The van der Waals surface area contributed by atoms with E-state index in [9.17, 15) is 0 Å². The van der Waals surface area contributed by atoms with Crippen LogP contribution in [0, 0.1) is 5.92 Å². The maximum absolute atomic E-state index is 3.47. The molecule has 1 N–H and O–H groups in total. The van der Waals surface area contributed by atoms with Crippen LogP contribution in [0.1, 0.15) is 43.2 Å². The summed E-state index contributed by atoms with van der Waals surface area (Å²) >= 11 is 0. The van der Waals surface area contributed by atoms with Gasteiger partial charge in [-0.25, -0.2) is 0 Å². The van der Waals surface area contributed by atoms with Crippen LogP contribution in [0.2, 0.25) is 0 Å². The average Bonchev–Trinajstić information content (AvgIpc) is 2.58. The topological polar surface area (TPSA) is 15.3 Å². The van der Waals surface area contributed by atoms with Crippen LogP contribution >= 0.6 is 0 Å². The first-order chi connectivity index (χ1) is 10.3. The Balaban J connectivity index is 1.45. The smallest absolute Gasteiger partial charge is 0.00102 e. The summed E-state index contributed by atoms with van der Waals surface area (Å²) in [5, 5.41) is 3.47. The third kappa shape index (κ3) is 2.76. The average molecular weight is 284 g/mol. The van der Waals surface area contributed by atoms with Crippen molar-refractivity contribution in [2.24, 2.45) is 5.92 Å². The highest BCUT2D eigenvalue weighted by Gasteiger charge is 2.40. The quantitative estimate of drug-likeness (QED) is 0.918. The fourth-order valence-corrected chi connectivity index (χ4v) is 4.67. The summed E-state index contributed by atoms with van der Waals surface area (Å²) < 4.78 is 0. The van der Waals surface area contributed by atoms with Gasteiger partial charge in [-0.15, -0.1) is 0 Å². The molecular weight excluding hydrogens is 256 g/mol. The number of benzene rings is 1. The highest BCUT2D eigenvalue weighted by Crippen LogP contribution is 2.42. The lowest BCUT2D eigenvalue weighted by Crippen LogP contribution is -2.50. The third-order valence-corrected chi connectivity index (χ3v) is 6.27. The molecule has 114 valence electrons. The normalized spacial score (nSPS) is 33.2. The Labute approximate surface area is 128 Å². The monoisotopic (exact) mass is 284 g/mol. The Hall–Kier alpha value is -0.860. The van der Waals surface area contributed by atoms with Gasteiger partial charge in [0, 0.05) is 0 Å². The van der Waals surface area contributed by atoms with Gasteiger partial charge in [-0.3, -0.25) is 0 Å². The summed E-state index contributed by atoms with van der Waals surface area (Å²) in [4.78, 5) is 2.63. The van der Waals surface area contributed by atoms with Crippen LogP contribution in [0.4, 0.5) is 0 Å². The zero-order valence-corrected chi connectivity index (χ0v) is 13.1. The minimum absolute atomic E-state index is 0.516. The fourth-order valence-electron chi connectivity index (χ4n) is 4.67. The van der Waals surface area contributed by atoms with Gasteiger partial charge in [0.05, 0.1) is 0 Å². The van der Waals surface area contributed by atoms with E-state index in [0.717, 1.165) is 5.92 Å². The third-order valence-electron chi connectivity index (χ3n) is 6.27. The van der Waals surface area contributed by atoms with Crippen molar-refractivity contribution >= 4 is 0 Å². The Morgan fingerprint density at radius 3 is 2.19 bits per heavy atom. The van der Waals surface area contributed by atoms with E-state index in [1.165, 1.54) is 71.2 Å². The summed E-state index contributed by atoms with van der Waals surface area (Å²) in [5.41, 5.74) is 3.69. The molecule has 0 radical (unpaired) electrons. The predicted octanol–water partition coefficient (Wildman–Crippen LogP) is 2.97. The molecule has 0 spiro atoms. The Bertz CT molecular complexity index is 451. The van der Waals surface area contributed by atoms with Gasteiger partial charge in [0.25, 0.3) is 0 Å². The first kappa shape index (κ1) is 13.8. The number of piperidine rings is 4. The van der Waals surface area contributed by atoms with Gasteiger partial charge in [0.1, 0.15) is 0 Å². The first-order valence-electron chi connectivity index (χ1n) is 8.87. The van der Waals surface area contributed by atoms with Crippen molar-refractivity contribution in [1.82, 2.24) is 10.2 Å². The summed E-state index contributed by atoms with van der Waals surface area (Å²) in [5.74, 6) is 0.896. The second kappa shape index (κ2) is 5.73. The number of nitrogens with zero attached hydrogens (tertiary/aromatic N) is 1. The molecule has 21 heavy (non-hydrogen) atoms. The standard InChI is InChI=1S/C19H28N2/c1-3-18(19-7-12-21(13-8-19)14-9-19)4-2-16(1)15-17-5-10-20-11-6-17/h1-4,17,20H,5-15H2. The Kier molecular flexibility index (Phi) is 3.76.